The summed E-state index contributed by atoms with van der Waals surface area (Å²) >= 11 is 0. The van der Waals surface area contributed by atoms with Crippen LogP contribution in [0.4, 0.5) is 0 Å². The van der Waals surface area contributed by atoms with Gasteiger partial charge in [-0.15, -0.1) is 5.10 Å². The summed E-state index contributed by atoms with van der Waals surface area (Å²) in [4.78, 5) is 32.8. The van der Waals surface area contributed by atoms with Gasteiger partial charge in [0.25, 0.3) is 0 Å². The molecule has 0 aliphatic carbocycles. The first-order valence-electron chi connectivity index (χ1n) is 11.3. The van der Waals surface area contributed by atoms with E-state index in [1.54, 1.807) is 47.6 Å². The molecule has 0 aliphatic heterocycles. The van der Waals surface area contributed by atoms with Crippen molar-refractivity contribution in [3.63, 3.8) is 0 Å². The normalized spacial score (nSPS) is 12.1. The van der Waals surface area contributed by atoms with E-state index in [0.717, 1.165) is 11.9 Å². The van der Waals surface area contributed by atoms with Crippen LogP contribution in [-0.4, -0.2) is 43.2 Å². The number of furan rings is 1. The summed E-state index contributed by atoms with van der Waals surface area (Å²) in [6, 6.07) is 13.6. The minimum atomic E-state index is -0.881. The molecule has 0 unspecified atom stereocenters. The number of carbonyl (C=O) groups is 2. The van der Waals surface area contributed by atoms with Gasteiger partial charge >= 0.3 is 0 Å². The lowest BCUT2D eigenvalue weighted by molar-refractivity contribution is -0.142. The predicted octanol–water partition coefficient (Wildman–Crippen LogP) is 3.35. The van der Waals surface area contributed by atoms with E-state index < -0.39 is 6.04 Å². The average Bonchev–Trinajstić information content (AvgIpc) is 3.49. The van der Waals surface area contributed by atoms with E-state index in [0.29, 0.717) is 29.3 Å². The van der Waals surface area contributed by atoms with Crippen molar-refractivity contribution >= 4 is 22.8 Å². The summed E-state index contributed by atoms with van der Waals surface area (Å²) < 4.78 is 7.07. The number of fused-ring (bicyclic) bond motifs is 1. The largest absolute Gasteiger partial charge is 0.467 e. The Morgan fingerprint density at radius 2 is 1.97 bits per heavy atom. The van der Waals surface area contributed by atoms with Gasteiger partial charge in [-0.2, -0.15) is 0 Å². The summed E-state index contributed by atoms with van der Waals surface area (Å²) in [6.07, 6.45) is 5.63. The second kappa shape index (κ2) is 10.7. The Morgan fingerprint density at radius 3 is 2.71 bits per heavy atom. The van der Waals surface area contributed by atoms with Crippen molar-refractivity contribution in [2.75, 3.05) is 6.54 Å². The van der Waals surface area contributed by atoms with Crippen LogP contribution >= 0.6 is 0 Å². The van der Waals surface area contributed by atoms with E-state index >= 15 is 0 Å². The van der Waals surface area contributed by atoms with Crippen LogP contribution in [0.1, 0.15) is 37.6 Å². The Balaban J connectivity index is 1.66. The molecule has 0 bridgehead atoms. The highest BCUT2D eigenvalue weighted by molar-refractivity contribution is 5.89. The van der Waals surface area contributed by atoms with Crippen molar-refractivity contribution in [1.29, 1.82) is 0 Å². The zero-order valence-electron chi connectivity index (χ0n) is 19.3. The van der Waals surface area contributed by atoms with Gasteiger partial charge in [0, 0.05) is 24.5 Å². The maximum atomic E-state index is 13.7. The highest BCUT2D eigenvalue weighted by Crippen LogP contribution is 2.24. The average molecular weight is 461 g/mol. The molecule has 9 nitrogen and oxygen atoms in total. The highest BCUT2D eigenvalue weighted by Gasteiger charge is 2.32. The molecule has 0 saturated heterocycles. The SMILES string of the molecule is CC(C)CCNC(=O)[C@H](c1cccnc1)N(Cc1ccco1)C(=O)Cn1nnc2ccccc21. The van der Waals surface area contributed by atoms with E-state index in [1.165, 1.54) is 4.90 Å². The third-order valence-electron chi connectivity index (χ3n) is 5.51. The van der Waals surface area contributed by atoms with Crippen molar-refractivity contribution < 1.29 is 14.0 Å². The monoisotopic (exact) mass is 460 g/mol. The number of benzene rings is 1. The topological polar surface area (TPSA) is 106 Å². The molecule has 4 rings (SSSR count). The van der Waals surface area contributed by atoms with Crippen LogP contribution in [0, 0.1) is 5.92 Å². The number of rotatable bonds is 10. The summed E-state index contributed by atoms with van der Waals surface area (Å²) in [5, 5.41) is 11.3. The lowest BCUT2D eigenvalue weighted by atomic mass is 10.1. The minimum absolute atomic E-state index is 0.0722. The zero-order chi connectivity index (χ0) is 23.9. The molecule has 1 N–H and O–H groups in total. The number of aromatic nitrogens is 4. The fourth-order valence-corrected chi connectivity index (χ4v) is 3.74. The van der Waals surface area contributed by atoms with E-state index in [-0.39, 0.29) is 24.9 Å². The molecule has 176 valence electrons. The summed E-state index contributed by atoms with van der Waals surface area (Å²) in [6.45, 7) is 4.76. The Kier molecular flexibility index (Phi) is 7.31. The fourth-order valence-electron chi connectivity index (χ4n) is 3.74. The predicted molar refractivity (Wildman–Crippen MR) is 126 cm³/mol. The molecule has 0 fully saturated rings. The molecule has 1 atom stereocenters. The maximum Gasteiger partial charge on any atom is 0.247 e. The number of hydrogen-bond donors (Lipinski definition) is 1. The van der Waals surface area contributed by atoms with Crippen LogP contribution in [0.2, 0.25) is 0 Å². The van der Waals surface area contributed by atoms with Crippen molar-refractivity contribution in [2.24, 2.45) is 5.92 Å². The third-order valence-corrected chi connectivity index (χ3v) is 5.51. The van der Waals surface area contributed by atoms with Gasteiger partial charge in [-0.3, -0.25) is 14.6 Å². The van der Waals surface area contributed by atoms with E-state index in [2.05, 4.69) is 34.5 Å². The molecule has 2 amide bonds. The molecule has 0 saturated carbocycles. The van der Waals surface area contributed by atoms with Crippen molar-refractivity contribution in [1.82, 2.24) is 30.2 Å². The van der Waals surface area contributed by atoms with Crippen LogP contribution in [0.5, 0.6) is 0 Å². The molecular weight excluding hydrogens is 432 g/mol. The smallest absolute Gasteiger partial charge is 0.247 e. The van der Waals surface area contributed by atoms with Crippen LogP contribution in [0.3, 0.4) is 0 Å². The molecule has 0 spiro atoms. The molecule has 3 heterocycles. The number of carbonyl (C=O) groups excluding carboxylic acids is 2. The van der Waals surface area contributed by atoms with Crippen molar-refractivity contribution in [3.05, 3.63) is 78.5 Å². The quantitative estimate of drug-likeness (QED) is 0.389. The van der Waals surface area contributed by atoms with Gasteiger partial charge < -0.3 is 14.6 Å². The van der Waals surface area contributed by atoms with Gasteiger partial charge in [-0.05, 0) is 42.7 Å². The highest BCUT2D eigenvalue weighted by atomic mass is 16.3. The van der Waals surface area contributed by atoms with Gasteiger partial charge in [0.1, 0.15) is 23.9 Å². The first-order chi connectivity index (χ1) is 16.5. The van der Waals surface area contributed by atoms with Crippen molar-refractivity contribution in [3.8, 4) is 0 Å². The third kappa shape index (κ3) is 5.48. The van der Waals surface area contributed by atoms with Gasteiger partial charge in [-0.1, -0.05) is 37.3 Å². The second-order valence-electron chi connectivity index (χ2n) is 8.50. The molecule has 1 aromatic carbocycles. The molecule has 9 heteroatoms. The summed E-state index contributed by atoms with van der Waals surface area (Å²) in [5.41, 5.74) is 2.06. The molecule has 0 aliphatic rings. The van der Waals surface area contributed by atoms with E-state index in [9.17, 15) is 9.59 Å². The number of hydrogen-bond acceptors (Lipinski definition) is 6. The number of pyridine rings is 1. The lowest BCUT2D eigenvalue weighted by Gasteiger charge is -2.30. The minimum Gasteiger partial charge on any atom is -0.467 e. The lowest BCUT2D eigenvalue weighted by Crippen LogP contribution is -2.45. The van der Waals surface area contributed by atoms with Gasteiger partial charge in [-0.25, -0.2) is 4.68 Å². The second-order valence-corrected chi connectivity index (χ2v) is 8.50. The molecule has 34 heavy (non-hydrogen) atoms. The van der Waals surface area contributed by atoms with Gasteiger partial charge in [0.15, 0.2) is 0 Å². The van der Waals surface area contributed by atoms with Crippen LogP contribution in [0.15, 0.2) is 71.6 Å². The molecule has 4 aromatic rings. The number of para-hydroxylation sites is 1. The Bertz CT molecular complexity index is 1220. The van der Waals surface area contributed by atoms with Gasteiger partial charge in [0.05, 0.1) is 18.3 Å². The van der Waals surface area contributed by atoms with Crippen LogP contribution < -0.4 is 5.32 Å². The van der Waals surface area contributed by atoms with E-state index in [4.69, 9.17) is 4.42 Å². The molecular formula is C25H28N6O3. The number of nitrogens with one attached hydrogen (secondary N) is 1. The first kappa shape index (κ1) is 23.2. The van der Waals surface area contributed by atoms with E-state index in [1.807, 2.05) is 24.3 Å². The summed E-state index contributed by atoms with van der Waals surface area (Å²) in [7, 11) is 0. The summed E-state index contributed by atoms with van der Waals surface area (Å²) in [5.74, 6) is 0.455. The van der Waals surface area contributed by atoms with Crippen molar-refractivity contribution in [2.45, 2.75) is 39.4 Å². The fraction of sp³-hybridized carbons (Fsp3) is 0.320. The number of nitrogens with zero attached hydrogens (tertiary/aromatic N) is 5. The van der Waals surface area contributed by atoms with Crippen LogP contribution in [-0.2, 0) is 22.7 Å². The maximum absolute atomic E-state index is 13.7. The zero-order valence-corrected chi connectivity index (χ0v) is 19.3. The Labute approximate surface area is 197 Å². The number of amides is 2. The molecule has 3 aromatic heterocycles. The Hall–Kier alpha value is -4.01. The van der Waals surface area contributed by atoms with Crippen LogP contribution in [0.25, 0.3) is 11.0 Å². The van der Waals surface area contributed by atoms with Gasteiger partial charge in [0.2, 0.25) is 11.8 Å². The standard InChI is InChI=1S/C25H28N6O3/c1-18(2)11-13-27-25(33)24(19-7-5-12-26-15-19)30(16-20-8-6-14-34-20)23(32)17-31-22-10-4-3-9-21(22)28-29-31/h3-10,12,14-15,18,24H,11,13,16-17H2,1-2H3,(H,27,33)/t24-/m0/s1. The molecule has 0 radical (unpaired) electrons. The Morgan fingerprint density at radius 1 is 1.12 bits per heavy atom. The first-order valence-corrected chi connectivity index (χ1v) is 11.3.